The lowest BCUT2D eigenvalue weighted by atomic mass is 9.70. The van der Waals surface area contributed by atoms with Gasteiger partial charge in [-0.15, -0.1) is 0 Å². The molecule has 0 amide bonds. The molecule has 1 aromatic carbocycles. The summed E-state index contributed by atoms with van der Waals surface area (Å²) < 4.78 is 0. The quantitative estimate of drug-likeness (QED) is 0.788. The number of benzene rings is 1. The third-order valence-corrected chi connectivity index (χ3v) is 6.55. The van der Waals surface area contributed by atoms with Gasteiger partial charge in [-0.25, -0.2) is 0 Å². The van der Waals surface area contributed by atoms with Crippen LogP contribution in [-0.4, -0.2) is 10.2 Å². The first kappa shape index (κ1) is 14.2. The van der Waals surface area contributed by atoms with Gasteiger partial charge in [0, 0.05) is 16.9 Å². The van der Waals surface area contributed by atoms with E-state index in [1.807, 2.05) is 12.1 Å². The molecule has 114 valence electrons. The predicted molar refractivity (Wildman–Crippen MR) is 89.4 cm³/mol. The van der Waals surface area contributed by atoms with Crippen molar-refractivity contribution in [3.05, 3.63) is 57.9 Å². The molecule has 1 fully saturated rings. The molecular weight excluding hydrogens is 292 g/mol. The molecule has 2 nitrogen and oxygen atoms in total. The van der Waals surface area contributed by atoms with Crippen LogP contribution < -0.4 is 0 Å². The highest BCUT2D eigenvalue weighted by atomic mass is 35.5. The molecule has 1 aromatic heterocycles. The van der Waals surface area contributed by atoms with Crippen LogP contribution in [0.4, 0.5) is 0 Å². The fourth-order valence-electron chi connectivity index (χ4n) is 4.51. The van der Waals surface area contributed by atoms with Gasteiger partial charge in [0.15, 0.2) is 0 Å². The van der Waals surface area contributed by atoms with E-state index in [-0.39, 0.29) is 5.41 Å². The van der Waals surface area contributed by atoms with Crippen molar-refractivity contribution in [3.8, 4) is 0 Å². The first-order valence-corrected chi connectivity index (χ1v) is 8.41. The van der Waals surface area contributed by atoms with Crippen molar-refractivity contribution in [2.45, 2.75) is 51.4 Å². The van der Waals surface area contributed by atoms with E-state index < -0.39 is 0 Å². The van der Waals surface area contributed by atoms with Crippen molar-refractivity contribution < 1.29 is 0 Å². The zero-order valence-electron chi connectivity index (χ0n) is 13.4. The summed E-state index contributed by atoms with van der Waals surface area (Å²) in [5.74, 6) is 0.631. The molecule has 0 aliphatic heterocycles. The summed E-state index contributed by atoms with van der Waals surface area (Å²) >= 11 is 5.95. The van der Waals surface area contributed by atoms with E-state index in [1.54, 1.807) is 0 Å². The van der Waals surface area contributed by atoms with Gasteiger partial charge >= 0.3 is 0 Å². The molecule has 0 radical (unpaired) electrons. The average molecular weight is 313 g/mol. The lowest BCUT2D eigenvalue weighted by Crippen LogP contribution is -2.32. The fraction of sp³-hybridized carbons (Fsp3) is 0.474. The number of nitrogens with zero attached hydrogens (tertiary/aromatic N) is 2. The van der Waals surface area contributed by atoms with Crippen molar-refractivity contribution in [2.75, 3.05) is 0 Å². The van der Waals surface area contributed by atoms with Crippen molar-refractivity contribution in [1.82, 2.24) is 10.2 Å². The van der Waals surface area contributed by atoms with E-state index in [4.69, 9.17) is 11.6 Å². The van der Waals surface area contributed by atoms with Crippen molar-refractivity contribution in [2.24, 2.45) is 5.41 Å². The highest BCUT2D eigenvalue weighted by Crippen LogP contribution is 2.66. The Bertz CT molecular complexity index is 736. The minimum atomic E-state index is 0.193. The van der Waals surface area contributed by atoms with Gasteiger partial charge in [0.2, 0.25) is 0 Å². The molecule has 3 heteroatoms. The number of aromatic nitrogens is 2. The number of fused-ring (bicyclic) bond motifs is 5. The third kappa shape index (κ3) is 1.80. The second kappa shape index (κ2) is 4.55. The van der Waals surface area contributed by atoms with Crippen LogP contribution in [0.5, 0.6) is 0 Å². The summed E-state index contributed by atoms with van der Waals surface area (Å²) in [5.41, 5.74) is 5.47. The number of hydrogen-bond donors (Lipinski definition) is 0. The molecular formula is C19H21ClN2. The maximum Gasteiger partial charge on any atom is 0.0730 e. The van der Waals surface area contributed by atoms with E-state index in [2.05, 4.69) is 49.2 Å². The number of halogens is 1. The highest BCUT2D eigenvalue weighted by Gasteiger charge is 2.60. The Balaban J connectivity index is 1.70. The largest absolute Gasteiger partial charge is 0.155 e. The normalized spacial score (nSPS) is 27.9. The van der Waals surface area contributed by atoms with E-state index >= 15 is 0 Å². The molecule has 0 unspecified atom stereocenters. The molecule has 0 saturated heterocycles. The molecule has 2 aliphatic carbocycles. The standard InChI is InChI=1S/C19H21ClN2/c1-18(2)16-8-9-19(18,3)17-15(16)11-14(21-22-17)10-12-4-6-13(20)7-5-12/h4-7,11,16H,8-10H2,1-3H3/t16-,19+/m0/s1. The summed E-state index contributed by atoms with van der Waals surface area (Å²) in [5, 5.41) is 9.94. The fourth-order valence-corrected chi connectivity index (χ4v) is 4.64. The molecule has 0 N–H and O–H groups in total. The van der Waals surface area contributed by atoms with Crippen LogP contribution in [0.3, 0.4) is 0 Å². The Kier molecular flexibility index (Phi) is 2.93. The summed E-state index contributed by atoms with van der Waals surface area (Å²) in [4.78, 5) is 0. The zero-order chi connectivity index (χ0) is 15.5. The van der Waals surface area contributed by atoms with Gasteiger partial charge in [-0.05, 0) is 53.5 Å². The molecule has 22 heavy (non-hydrogen) atoms. The Labute approximate surface area is 136 Å². The first-order valence-electron chi connectivity index (χ1n) is 8.03. The Morgan fingerprint density at radius 3 is 2.59 bits per heavy atom. The van der Waals surface area contributed by atoms with Gasteiger partial charge in [0.05, 0.1) is 11.4 Å². The Hall–Kier alpha value is -1.41. The van der Waals surface area contributed by atoms with Gasteiger partial charge in [-0.1, -0.05) is 44.5 Å². The highest BCUT2D eigenvalue weighted by molar-refractivity contribution is 6.30. The summed E-state index contributed by atoms with van der Waals surface area (Å²) in [6.45, 7) is 7.16. The van der Waals surface area contributed by atoms with Crippen LogP contribution in [0.2, 0.25) is 5.02 Å². The second-order valence-electron chi connectivity index (χ2n) is 7.59. The van der Waals surface area contributed by atoms with Crippen molar-refractivity contribution in [3.63, 3.8) is 0 Å². The second-order valence-corrected chi connectivity index (χ2v) is 8.02. The molecule has 1 heterocycles. The van der Waals surface area contributed by atoms with Gasteiger partial charge in [0.1, 0.15) is 0 Å². The molecule has 1 saturated carbocycles. The van der Waals surface area contributed by atoms with Gasteiger partial charge < -0.3 is 0 Å². The van der Waals surface area contributed by atoms with E-state index in [0.717, 1.165) is 17.1 Å². The molecule has 2 aliphatic rings. The SMILES string of the molecule is CC1(C)[C@H]2CC[C@]1(C)c1nnc(Cc3ccc(Cl)cc3)cc12. The minimum Gasteiger partial charge on any atom is -0.155 e. The lowest BCUT2D eigenvalue weighted by Gasteiger charge is -2.33. The van der Waals surface area contributed by atoms with E-state index in [9.17, 15) is 0 Å². The molecule has 2 bridgehead atoms. The van der Waals surface area contributed by atoms with E-state index in [1.165, 1.54) is 29.7 Å². The van der Waals surface area contributed by atoms with Crippen LogP contribution >= 0.6 is 11.6 Å². The zero-order valence-corrected chi connectivity index (χ0v) is 14.1. The minimum absolute atomic E-state index is 0.193. The Morgan fingerprint density at radius 1 is 1.14 bits per heavy atom. The van der Waals surface area contributed by atoms with Crippen molar-refractivity contribution in [1.29, 1.82) is 0 Å². The van der Waals surface area contributed by atoms with Crippen LogP contribution in [0.1, 0.15) is 62.0 Å². The predicted octanol–water partition coefficient (Wildman–Crippen LogP) is 4.90. The lowest BCUT2D eigenvalue weighted by molar-refractivity contribution is 0.226. The Morgan fingerprint density at radius 2 is 1.86 bits per heavy atom. The van der Waals surface area contributed by atoms with Gasteiger partial charge in [-0.2, -0.15) is 10.2 Å². The topological polar surface area (TPSA) is 25.8 Å². The van der Waals surface area contributed by atoms with Crippen molar-refractivity contribution >= 4 is 11.6 Å². The average Bonchev–Trinajstić information content (AvgIpc) is 2.81. The van der Waals surface area contributed by atoms with Crippen LogP contribution in [-0.2, 0) is 11.8 Å². The molecule has 4 rings (SSSR count). The smallest absolute Gasteiger partial charge is 0.0730 e. The maximum atomic E-state index is 5.95. The monoisotopic (exact) mass is 312 g/mol. The van der Waals surface area contributed by atoms with Gasteiger partial charge in [0.25, 0.3) is 0 Å². The summed E-state index contributed by atoms with van der Waals surface area (Å²) in [6.07, 6.45) is 3.34. The van der Waals surface area contributed by atoms with Crippen LogP contribution in [0.15, 0.2) is 30.3 Å². The molecule has 2 atom stereocenters. The van der Waals surface area contributed by atoms with Gasteiger partial charge in [-0.3, -0.25) is 0 Å². The van der Waals surface area contributed by atoms with Crippen LogP contribution in [0.25, 0.3) is 0 Å². The molecule has 2 aromatic rings. The van der Waals surface area contributed by atoms with Crippen LogP contribution in [0, 0.1) is 5.41 Å². The first-order chi connectivity index (χ1) is 10.4. The summed E-state index contributed by atoms with van der Waals surface area (Å²) in [6, 6.07) is 10.3. The van der Waals surface area contributed by atoms with E-state index in [0.29, 0.717) is 11.3 Å². The molecule has 0 spiro atoms. The number of hydrogen-bond acceptors (Lipinski definition) is 2. The third-order valence-electron chi connectivity index (χ3n) is 6.30. The maximum absolute atomic E-state index is 5.95. The number of rotatable bonds is 2. The summed E-state index contributed by atoms with van der Waals surface area (Å²) in [7, 11) is 0.